The van der Waals surface area contributed by atoms with Gasteiger partial charge in [0.15, 0.2) is 0 Å². The van der Waals surface area contributed by atoms with Crippen LogP contribution in [-0.2, 0) is 13.1 Å². The number of rotatable bonds is 7. The molecule has 0 saturated carbocycles. The van der Waals surface area contributed by atoms with E-state index >= 15 is 0 Å². The molecule has 2 rings (SSSR count). The van der Waals surface area contributed by atoms with E-state index in [1.54, 1.807) is 11.3 Å². The Morgan fingerprint density at radius 3 is 2.71 bits per heavy atom. The fourth-order valence-electron chi connectivity index (χ4n) is 2.30. The Morgan fingerprint density at radius 1 is 1.29 bits per heavy atom. The monoisotopic (exact) mass is 304 g/mol. The second-order valence-corrected chi connectivity index (χ2v) is 6.32. The summed E-state index contributed by atoms with van der Waals surface area (Å²) in [4.78, 5) is 12.4. The normalized spacial score (nSPS) is 10.9. The number of aromatic nitrogens is 2. The molecule has 0 saturated heterocycles. The zero-order valence-corrected chi connectivity index (χ0v) is 14.1. The molecule has 0 radical (unpaired) electrons. The summed E-state index contributed by atoms with van der Waals surface area (Å²) in [5, 5.41) is 3.41. The molecule has 4 nitrogen and oxygen atoms in total. The minimum Gasteiger partial charge on any atom is -0.354 e. The van der Waals surface area contributed by atoms with Gasteiger partial charge in [0.1, 0.15) is 5.82 Å². The van der Waals surface area contributed by atoms with Gasteiger partial charge < -0.3 is 10.2 Å². The predicted octanol–water partition coefficient (Wildman–Crippen LogP) is 3.29. The van der Waals surface area contributed by atoms with Crippen LogP contribution in [0.3, 0.4) is 0 Å². The summed E-state index contributed by atoms with van der Waals surface area (Å²) in [5.74, 6) is 1.04. The maximum atomic E-state index is 4.64. The molecular formula is C16H24N4S. The molecule has 2 heterocycles. The topological polar surface area (TPSA) is 41.1 Å². The fraction of sp³-hybridized carbons (Fsp3) is 0.500. The molecule has 0 aromatic carbocycles. The lowest BCUT2D eigenvalue weighted by Crippen LogP contribution is -2.19. The third-order valence-electron chi connectivity index (χ3n) is 3.45. The number of aryl methyl sites for hydroxylation is 2. The van der Waals surface area contributed by atoms with Gasteiger partial charge in [-0.2, -0.15) is 0 Å². The molecular weight excluding hydrogens is 280 g/mol. The molecule has 0 unspecified atom stereocenters. The summed E-state index contributed by atoms with van der Waals surface area (Å²) in [6.45, 7) is 9.16. The average Bonchev–Trinajstić information content (AvgIpc) is 2.84. The molecule has 0 bridgehead atoms. The van der Waals surface area contributed by atoms with E-state index in [2.05, 4.69) is 54.1 Å². The van der Waals surface area contributed by atoms with Crippen LogP contribution in [0.1, 0.15) is 35.0 Å². The van der Waals surface area contributed by atoms with E-state index in [1.165, 1.54) is 16.0 Å². The molecule has 5 heteroatoms. The molecule has 0 aliphatic heterocycles. The predicted molar refractivity (Wildman–Crippen MR) is 89.9 cm³/mol. The zero-order chi connectivity index (χ0) is 15.2. The van der Waals surface area contributed by atoms with E-state index < -0.39 is 0 Å². The van der Waals surface area contributed by atoms with Crippen LogP contribution in [0.2, 0.25) is 0 Å². The number of hydrogen-bond acceptors (Lipinski definition) is 5. The quantitative estimate of drug-likeness (QED) is 0.797. The van der Waals surface area contributed by atoms with Gasteiger partial charge in [-0.1, -0.05) is 6.92 Å². The molecule has 0 atom stereocenters. The summed E-state index contributed by atoms with van der Waals surface area (Å²) < 4.78 is 0. The van der Waals surface area contributed by atoms with Crippen molar-refractivity contribution in [2.45, 2.75) is 40.3 Å². The van der Waals surface area contributed by atoms with Crippen molar-refractivity contribution in [1.29, 1.82) is 0 Å². The zero-order valence-electron chi connectivity index (χ0n) is 13.3. The average molecular weight is 304 g/mol. The van der Waals surface area contributed by atoms with Crippen molar-refractivity contribution in [2.24, 2.45) is 0 Å². The molecule has 0 fully saturated rings. The smallest absolute Gasteiger partial charge is 0.131 e. The Kier molecular flexibility index (Phi) is 5.70. The van der Waals surface area contributed by atoms with Crippen molar-refractivity contribution in [3.05, 3.63) is 39.5 Å². The van der Waals surface area contributed by atoms with Gasteiger partial charge in [-0.15, -0.1) is 11.3 Å². The molecule has 2 aromatic heterocycles. The molecule has 1 N–H and O–H groups in total. The van der Waals surface area contributed by atoms with Crippen molar-refractivity contribution < 1.29 is 0 Å². The highest BCUT2D eigenvalue weighted by atomic mass is 32.1. The van der Waals surface area contributed by atoms with Crippen molar-refractivity contribution in [3.8, 4) is 0 Å². The summed E-state index contributed by atoms with van der Waals surface area (Å²) in [6, 6.07) is 2.22. The second kappa shape index (κ2) is 7.52. The second-order valence-electron chi connectivity index (χ2n) is 5.38. The lowest BCUT2D eigenvalue weighted by Gasteiger charge is -2.20. The van der Waals surface area contributed by atoms with Crippen LogP contribution in [0.25, 0.3) is 0 Å². The van der Waals surface area contributed by atoms with Gasteiger partial charge in [0.05, 0.1) is 17.7 Å². The molecule has 114 valence electrons. The molecule has 2 aromatic rings. The van der Waals surface area contributed by atoms with Gasteiger partial charge in [0.2, 0.25) is 0 Å². The minimum atomic E-state index is 0.859. The van der Waals surface area contributed by atoms with Crippen LogP contribution in [0.5, 0.6) is 0 Å². The van der Waals surface area contributed by atoms with E-state index in [1.807, 2.05) is 11.7 Å². The molecule has 21 heavy (non-hydrogen) atoms. The lowest BCUT2D eigenvalue weighted by molar-refractivity contribution is 0.673. The van der Waals surface area contributed by atoms with E-state index in [4.69, 9.17) is 0 Å². The van der Waals surface area contributed by atoms with Crippen molar-refractivity contribution >= 4 is 17.2 Å². The highest BCUT2D eigenvalue weighted by Crippen LogP contribution is 2.21. The summed E-state index contributed by atoms with van der Waals surface area (Å²) in [7, 11) is 2.09. The van der Waals surface area contributed by atoms with Crippen LogP contribution in [-0.4, -0.2) is 23.6 Å². The fourth-order valence-corrected chi connectivity index (χ4v) is 3.13. The van der Waals surface area contributed by atoms with Gasteiger partial charge in [-0.05, 0) is 44.0 Å². The first-order valence-corrected chi connectivity index (χ1v) is 8.26. The number of pyridine rings is 1. The van der Waals surface area contributed by atoms with E-state index in [0.717, 1.165) is 37.6 Å². The van der Waals surface area contributed by atoms with Crippen molar-refractivity contribution in [3.63, 3.8) is 0 Å². The van der Waals surface area contributed by atoms with Crippen molar-refractivity contribution in [2.75, 3.05) is 18.5 Å². The number of anilines is 1. The Hall–Kier alpha value is -1.46. The van der Waals surface area contributed by atoms with Crippen LogP contribution in [0.15, 0.2) is 17.8 Å². The van der Waals surface area contributed by atoms with E-state index in [-0.39, 0.29) is 0 Å². The third kappa shape index (κ3) is 4.25. The van der Waals surface area contributed by atoms with Gasteiger partial charge in [-0.3, -0.25) is 0 Å². The standard InChI is InChI=1S/C16H24N4S/c1-5-6-17-8-14-7-12(2)16(18-9-14)20(4)10-15-13(3)19-11-21-15/h7,9,11,17H,5-6,8,10H2,1-4H3. The maximum Gasteiger partial charge on any atom is 0.131 e. The molecule has 0 amide bonds. The van der Waals surface area contributed by atoms with Gasteiger partial charge in [0.25, 0.3) is 0 Å². The summed E-state index contributed by atoms with van der Waals surface area (Å²) in [6.07, 6.45) is 3.13. The highest BCUT2D eigenvalue weighted by molar-refractivity contribution is 7.09. The number of hydrogen-bond donors (Lipinski definition) is 1. The number of nitrogens with one attached hydrogen (secondary N) is 1. The van der Waals surface area contributed by atoms with Crippen molar-refractivity contribution in [1.82, 2.24) is 15.3 Å². The van der Waals surface area contributed by atoms with Crippen LogP contribution < -0.4 is 10.2 Å². The van der Waals surface area contributed by atoms with Crippen LogP contribution >= 0.6 is 11.3 Å². The summed E-state index contributed by atoms with van der Waals surface area (Å²) in [5.41, 5.74) is 5.48. The minimum absolute atomic E-state index is 0.859. The number of nitrogens with zero attached hydrogens (tertiary/aromatic N) is 3. The van der Waals surface area contributed by atoms with Gasteiger partial charge in [0, 0.05) is 24.7 Å². The highest BCUT2D eigenvalue weighted by Gasteiger charge is 2.10. The maximum absolute atomic E-state index is 4.64. The largest absolute Gasteiger partial charge is 0.354 e. The Balaban J connectivity index is 2.04. The third-order valence-corrected chi connectivity index (χ3v) is 4.37. The van der Waals surface area contributed by atoms with Gasteiger partial charge in [-0.25, -0.2) is 9.97 Å². The first-order chi connectivity index (χ1) is 10.1. The van der Waals surface area contributed by atoms with Crippen LogP contribution in [0.4, 0.5) is 5.82 Å². The molecule has 0 aliphatic carbocycles. The van der Waals surface area contributed by atoms with E-state index in [0.29, 0.717) is 0 Å². The number of thiazole rings is 1. The SMILES string of the molecule is CCCNCc1cnc(N(C)Cc2scnc2C)c(C)c1. The lowest BCUT2D eigenvalue weighted by atomic mass is 10.2. The first-order valence-electron chi connectivity index (χ1n) is 7.38. The Labute approximate surface area is 131 Å². The molecule has 0 aliphatic rings. The van der Waals surface area contributed by atoms with E-state index in [9.17, 15) is 0 Å². The summed E-state index contributed by atoms with van der Waals surface area (Å²) >= 11 is 1.70. The van der Waals surface area contributed by atoms with Crippen LogP contribution in [0, 0.1) is 13.8 Å². The van der Waals surface area contributed by atoms with Gasteiger partial charge >= 0.3 is 0 Å². The Morgan fingerprint density at radius 2 is 2.10 bits per heavy atom. The first kappa shape index (κ1) is 15.9. The Bertz CT molecular complexity index is 579. The molecule has 0 spiro atoms.